The second kappa shape index (κ2) is 7.68. The third-order valence-electron chi connectivity index (χ3n) is 4.60. The maximum absolute atomic E-state index is 4.66. The van der Waals surface area contributed by atoms with E-state index in [4.69, 9.17) is 0 Å². The van der Waals surface area contributed by atoms with E-state index < -0.39 is 0 Å². The summed E-state index contributed by atoms with van der Waals surface area (Å²) in [7, 11) is 0. The molecule has 0 spiro atoms. The largest absolute Gasteiger partial charge is 0.379 e. The molecule has 0 unspecified atom stereocenters. The molecule has 0 bridgehead atoms. The van der Waals surface area contributed by atoms with Gasteiger partial charge >= 0.3 is 0 Å². The molecule has 4 nitrogen and oxygen atoms in total. The molecule has 0 amide bonds. The van der Waals surface area contributed by atoms with Crippen LogP contribution >= 0.6 is 22.6 Å². The molecule has 0 radical (unpaired) electrons. The van der Waals surface area contributed by atoms with Gasteiger partial charge in [-0.25, -0.2) is 9.97 Å². The van der Waals surface area contributed by atoms with Crippen LogP contribution < -0.4 is 5.32 Å². The van der Waals surface area contributed by atoms with Gasteiger partial charge in [0, 0.05) is 12.6 Å². The quantitative estimate of drug-likeness (QED) is 0.293. The fraction of sp³-hybridized carbons (Fsp3) is 0.182. The predicted molar refractivity (Wildman–Crippen MR) is 120 cm³/mol. The topological polar surface area (TPSA) is 42.7 Å². The van der Waals surface area contributed by atoms with Crippen LogP contribution in [0.3, 0.4) is 0 Å². The zero-order valence-corrected chi connectivity index (χ0v) is 17.5. The Bertz CT molecular complexity index is 1050. The first-order valence-corrected chi connectivity index (χ1v) is 10.1. The predicted octanol–water partition coefficient (Wildman–Crippen LogP) is 5.90. The van der Waals surface area contributed by atoms with Crippen molar-refractivity contribution in [3.05, 3.63) is 76.3 Å². The summed E-state index contributed by atoms with van der Waals surface area (Å²) in [4.78, 5) is 9.25. The van der Waals surface area contributed by atoms with Crippen LogP contribution in [0, 0.1) is 3.70 Å². The normalized spacial score (nSPS) is 11.3. The smallest absolute Gasteiger partial charge is 0.163 e. The molecule has 4 rings (SSSR count). The van der Waals surface area contributed by atoms with Crippen molar-refractivity contribution < 1.29 is 0 Å². The molecule has 0 fully saturated rings. The SMILES string of the molecule is CC(C)n1cnc2c(NCc3ccc(-c4ccccc4)cc3)cc(I)nc21. The van der Waals surface area contributed by atoms with Crippen LogP contribution in [0.5, 0.6) is 0 Å². The van der Waals surface area contributed by atoms with Gasteiger partial charge < -0.3 is 9.88 Å². The van der Waals surface area contributed by atoms with Crippen LogP contribution in [0.15, 0.2) is 67.0 Å². The highest BCUT2D eigenvalue weighted by atomic mass is 127. The van der Waals surface area contributed by atoms with Gasteiger partial charge in [0.1, 0.15) is 9.22 Å². The maximum atomic E-state index is 4.66. The zero-order valence-electron chi connectivity index (χ0n) is 15.4. The van der Waals surface area contributed by atoms with E-state index in [9.17, 15) is 0 Å². The van der Waals surface area contributed by atoms with Crippen molar-refractivity contribution in [2.75, 3.05) is 5.32 Å². The summed E-state index contributed by atoms with van der Waals surface area (Å²) < 4.78 is 3.07. The molecule has 2 heterocycles. The molecule has 0 atom stereocenters. The van der Waals surface area contributed by atoms with Crippen molar-refractivity contribution >= 4 is 39.4 Å². The summed E-state index contributed by atoms with van der Waals surface area (Å²) in [5.41, 5.74) is 6.58. The van der Waals surface area contributed by atoms with E-state index in [0.717, 1.165) is 27.1 Å². The van der Waals surface area contributed by atoms with Crippen LogP contribution in [0.25, 0.3) is 22.3 Å². The van der Waals surface area contributed by atoms with Crippen LogP contribution in [-0.4, -0.2) is 14.5 Å². The van der Waals surface area contributed by atoms with Crippen molar-refractivity contribution in [3.8, 4) is 11.1 Å². The first kappa shape index (κ1) is 18.0. The molecule has 2 aromatic heterocycles. The average Bonchev–Trinajstić information content (AvgIpc) is 3.11. The Morgan fingerprint density at radius 1 is 1.00 bits per heavy atom. The number of hydrogen-bond donors (Lipinski definition) is 1. The molecule has 4 aromatic rings. The van der Waals surface area contributed by atoms with Crippen molar-refractivity contribution in [2.24, 2.45) is 0 Å². The van der Waals surface area contributed by atoms with Gasteiger partial charge in [-0.2, -0.15) is 0 Å². The number of halogens is 1. The highest BCUT2D eigenvalue weighted by Gasteiger charge is 2.12. The Morgan fingerprint density at radius 3 is 2.41 bits per heavy atom. The summed E-state index contributed by atoms with van der Waals surface area (Å²) in [6.45, 7) is 5.03. The van der Waals surface area contributed by atoms with Gasteiger partial charge in [0.15, 0.2) is 5.65 Å². The number of aromatic nitrogens is 3. The van der Waals surface area contributed by atoms with Gasteiger partial charge in [-0.3, -0.25) is 0 Å². The Morgan fingerprint density at radius 2 is 1.70 bits per heavy atom. The van der Waals surface area contributed by atoms with Crippen molar-refractivity contribution in [1.29, 1.82) is 0 Å². The number of fused-ring (bicyclic) bond motifs is 1. The summed E-state index contributed by atoms with van der Waals surface area (Å²) in [5.74, 6) is 0. The van der Waals surface area contributed by atoms with Gasteiger partial charge in [-0.05, 0) is 59.2 Å². The zero-order chi connectivity index (χ0) is 18.8. The minimum absolute atomic E-state index is 0.332. The Hall–Kier alpha value is -2.41. The summed E-state index contributed by atoms with van der Waals surface area (Å²) in [5, 5.41) is 3.54. The molecule has 27 heavy (non-hydrogen) atoms. The van der Waals surface area contributed by atoms with Crippen LogP contribution in [0.2, 0.25) is 0 Å². The third kappa shape index (κ3) is 3.83. The number of rotatable bonds is 5. The molecule has 2 aromatic carbocycles. The summed E-state index contributed by atoms with van der Waals surface area (Å²) in [6.07, 6.45) is 1.87. The Kier molecular flexibility index (Phi) is 5.11. The Labute approximate surface area is 172 Å². The van der Waals surface area contributed by atoms with Gasteiger partial charge in [0.25, 0.3) is 0 Å². The van der Waals surface area contributed by atoms with E-state index >= 15 is 0 Å². The number of benzene rings is 2. The molecule has 0 saturated carbocycles. The molecule has 0 aliphatic carbocycles. The van der Waals surface area contributed by atoms with E-state index in [1.165, 1.54) is 16.7 Å². The first-order chi connectivity index (χ1) is 13.1. The van der Waals surface area contributed by atoms with E-state index in [-0.39, 0.29) is 0 Å². The molecular weight excluding hydrogens is 447 g/mol. The number of hydrogen-bond acceptors (Lipinski definition) is 3. The van der Waals surface area contributed by atoms with E-state index in [1.807, 2.05) is 12.4 Å². The van der Waals surface area contributed by atoms with Crippen LogP contribution in [0.4, 0.5) is 5.69 Å². The van der Waals surface area contributed by atoms with E-state index in [2.05, 4.69) is 111 Å². The number of anilines is 1. The monoisotopic (exact) mass is 468 g/mol. The minimum atomic E-state index is 0.332. The average molecular weight is 468 g/mol. The minimum Gasteiger partial charge on any atom is -0.379 e. The third-order valence-corrected chi connectivity index (χ3v) is 5.15. The molecule has 5 heteroatoms. The van der Waals surface area contributed by atoms with E-state index in [0.29, 0.717) is 6.04 Å². The van der Waals surface area contributed by atoms with Crippen LogP contribution in [0.1, 0.15) is 25.5 Å². The molecule has 0 aliphatic rings. The lowest BCUT2D eigenvalue weighted by molar-refractivity contribution is 0.612. The first-order valence-electron chi connectivity index (χ1n) is 9.03. The van der Waals surface area contributed by atoms with Gasteiger partial charge in [-0.1, -0.05) is 54.6 Å². The van der Waals surface area contributed by atoms with E-state index in [1.54, 1.807) is 0 Å². The van der Waals surface area contributed by atoms with Gasteiger partial charge in [0.2, 0.25) is 0 Å². The Balaban J connectivity index is 1.55. The lowest BCUT2D eigenvalue weighted by atomic mass is 10.0. The molecule has 1 N–H and O–H groups in total. The van der Waals surface area contributed by atoms with Gasteiger partial charge in [0.05, 0.1) is 12.0 Å². The van der Waals surface area contributed by atoms with Crippen molar-refractivity contribution in [3.63, 3.8) is 0 Å². The summed E-state index contributed by atoms with van der Waals surface area (Å²) in [6, 6.07) is 21.5. The lowest BCUT2D eigenvalue weighted by Gasteiger charge is -2.11. The second-order valence-electron chi connectivity index (χ2n) is 6.83. The summed E-state index contributed by atoms with van der Waals surface area (Å²) >= 11 is 2.26. The number of nitrogens with one attached hydrogen (secondary N) is 1. The number of pyridine rings is 1. The molecular formula is C22H21IN4. The second-order valence-corrected chi connectivity index (χ2v) is 7.93. The maximum Gasteiger partial charge on any atom is 0.163 e. The molecule has 0 saturated heterocycles. The van der Waals surface area contributed by atoms with Gasteiger partial charge in [-0.15, -0.1) is 0 Å². The standard InChI is InChI=1S/C22H21IN4/c1-15(2)27-14-25-21-19(12-20(23)26-22(21)27)24-13-16-8-10-18(11-9-16)17-6-4-3-5-7-17/h3-12,14-15H,13H2,1-2H3,(H,24,26). The molecule has 136 valence electrons. The fourth-order valence-corrected chi connectivity index (χ4v) is 3.67. The highest BCUT2D eigenvalue weighted by molar-refractivity contribution is 14.1. The van der Waals surface area contributed by atoms with Crippen LogP contribution in [-0.2, 0) is 6.54 Å². The number of imidazole rings is 1. The fourth-order valence-electron chi connectivity index (χ4n) is 3.13. The number of nitrogens with zero attached hydrogens (tertiary/aromatic N) is 3. The highest BCUT2D eigenvalue weighted by Crippen LogP contribution is 2.26. The lowest BCUT2D eigenvalue weighted by Crippen LogP contribution is -2.03. The van der Waals surface area contributed by atoms with Crippen molar-refractivity contribution in [2.45, 2.75) is 26.4 Å². The molecule has 0 aliphatic heterocycles. The van der Waals surface area contributed by atoms with Crippen molar-refractivity contribution in [1.82, 2.24) is 14.5 Å².